The highest BCUT2D eigenvalue weighted by Gasteiger charge is 2.33. The number of ether oxygens (including phenoxy) is 1. The Hall–Kier alpha value is -4.50. The molecule has 38 heavy (non-hydrogen) atoms. The van der Waals surface area contributed by atoms with Crippen molar-refractivity contribution in [3.05, 3.63) is 114 Å². The average molecular weight is 529 g/mol. The summed E-state index contributed by atoms with van der Waals surface area (Å²) in [6.45, 7) is 5.51. The first-order chi connectivity index (χ1) is 18.3. The van der Waals surface area contributed by atoms with Crippen molar-refractivity contribution in [2.45, 2.75) is 26.8 Å². The second-order valence-electron chi connectivity index (χ2n) is 8.75. The van der Waals surface area contributed by atoms with Crippen LogP contribution in [0.15, 0.2) is 86.1 Å². The smallest absolute Gasteiger partial charge is 0.338 e. The van der Waals surface area contributed by atoms with Crippen LogP contribution in [0.5, 0.6) is 0 Å². The molecule has 0 amide bonds. The van der Waals surface area contributed by atoms with Crippen LogP contribution in [-0.2, 0) is 9.53 Å². The SMILES string of the molecule is CCOC(=O)C1=C(C)N=c2s/c(=C\c3ccc(-c4ccc(C(=O)O)cc4C)o3)c(=O)n2[C@@H]1c1ccccc1. The lowest BCUT2D eigenvalue weighted by atomic mass is 9.96. The van der Waals surface area contributed by atoms with Crippen molar-refractivity contribution in [2.24, 2.45) is 4.99 Å². The third-order valence-corrected chi connectivity index (χ3v) is 7.25. The Morgan fingerprint density at radius 2 is 1.89 bits per heavy atom. The van der Waals surface area contributed by atoms with E-state index in [1.165, 1.54) is 22.0 Å². The molecule has 8 nitrogen and oxygen atoms in total. The molecule has 0 bridgehead atoms. The van der Waals surface area contributed by atoms with E-state index in [-0.39, 0.29) is 17.7 Å². The van der Waals surface area contributed by atoms with Crippen LogP contribution in [0.4, 0.5) is 0 Å². The van der Waals surface area contributed by atoms with Crippen molar-refractivity contribution in [1.82, 2.24) is 4.57 Å². The van der Waals surface area contributed by atoms with Crippen molar-refractivity contribution < 1.29 is 23.8 Å². The van der Waals surface area contributed by atoms with E-state index in [0.29, 0.717) is 32.1 Å². The predicted molar refractivity (Wildman–Crippen MR) is 143 cm³/mol. The second kappa shape index (κ2) is 10.1. The number of aromatic nitrogens is 1. The van der Waals surface area contributed by atoms with E-state index in [1.54, 1.807) is 44.2 Å². The number of carbonyl (C=O) groups is 2. The van der Waals surface area contributed by atoms with Gasteiger partial charge in [0.15, 0.2) is 4.80 Å². The fourth-order valence-corrected chi connectivity index (χ4v) is 5.55. The number of thiazole rings is 1. The highest BCUT2D eigenvalue weighted by Crippen LogP contribution is 2.31. The monoisotopic (exact) mass is 528 g/mol. The van der Waals surface area contributed by atoms with Gasteiger partial charge >= 0.3 is 11.9 Å². The maximum absolute atomic E-state index is 13.7. The number of allylic oxidation sites excluding steroid dienone is 1. The summed E-state index contributed by atoms with van der Waals surface area (Å²) in [6, 6.07) is 17.0. The van der Waals surface area contributed by atoms with Gasteiger partial charge in [-0.3, -0.25) is 9.36 Å². The standard InChI is InChI=1S/C29H24N2O6S/c1-4-36-28(35)24-17(3)30-29-31(25(24)18-8-6-5-7-9-18)26(32)23(38-29)15-20-11-13-22(37-20)21-12-10-19(27(33)34)14-16(21)2/h5-15,25H,4H2,1-3H3,(H,33,34)/b23-15-/t25-/m1/s1. The van der Waals surface area contributed by atoms with Crippen molar-refractivity contribution in [3.63, 3.8) is 0 Å². The van der Waals surface area contributed by atoms with Gasteiger partial charge in [-0.15, -0.1) is 0 Å². The van der Waals surface area contributed by atoms with Crippen LogP contribution in [0.2, 0.25) is 0 Å². The lowest BCUT2D eigenvalue weighted by molar-refractivity contribution is -0.139. The molecule has 1 aliphatic heterocycles. The molecule has 0 radical (unpaired) electrons. The molecule has 4 aromatic rings. The van der Waals surface area contributed by atoms with Crippen LogP contribution in [0.25, 0.3) is 17.4 Å². The number of benzene rings is 2. The molecular formula is C29H24N2O6S. The summed E-state index contributed by atoms with van der Waals surface area (Å²) in [6.07, 6.45) is 1.65. The number of fused-ring (bicyclic) bond motifs is 1. The molecular weight excluding hydrogens is 504 g/mol. The highest BCUT2D eigenvalue weighted by atomic mass is 32.1. The number of aryl methyl sites for hydroxylation is 1. The summed E-state index contributed by atoms with van der Waals surface area (Å²) in [5.41, 5.74) is 3.03. The van der Waals surface area contributed by atoms with E-state index in [0.717, 1.165) is 16.7 Å². The average Bonchev–Trinajstić information content (AvgIpc) is 3.48. The zero-order chi connectivity index (χ0) is 27.0. The lowest BCUT2D eigenvalue weighted by Crippen LogP contribution is -2.39. The molecule has 9 heteroatoms. The molecule has 1 atom stereocenters. The zero-order valence-corrected chi connectivity index (χ0v) is 21.7. The number of nitrogens with zero attached hydrogens (tertiary/aromatic N) is 2. The summed E-state index contributed by atoms with van der Waals surface area (Å²) < 4.78 is 13.3. The number of esters is 1. The van der Waals surface area contributed by atoms with Gasteiger partial charge < -0.3 is 14.3 Å². The Labute approximate surface area is 221 Å². The van der Waals surface area contributed by atoms with E-state index in [1.807, 2.05) is 37.3 Å². The molecule has 0 saturated heterocycles. The molecule has 1 N–H and O–H groups in total. The summed E-state index contributed by atoms with van der Waals surface area (Å²) >= 11 is 1.22. The predicted octanol–water partition coefficient (Wildman–Crippen LogP) is 4.06. The summed E-state index contributed by atoms with van der Waals surface area (Å²) in [7, 11) is 0. The Bertz CT molecular complexity index is 1780. The van der Waals surface area contributed by atoms with Gasteiger partial charge in [-0.25, -0.2) is 14.6 Å². The van der Waals surface area contributed by atoms with E-state index in [4.69, 9.17) is 9.15 Å². The number of hydrogen-bond donors (Lipinski definition) is 1. The first-order valence-corrected chi connectivity index (χ1v) is 12.8. The number of hydrogen-bond acceptors (Lipinski definition) is 7. The van der Waals surface area contributed by atoms with Crippen LogP contribution in [0.1, 0.15) is 47.1 Å². The van der Waals surface area contributed by atoms with E-state index < -0.39 is 18.0 Å². The van der Waals surface area contributed by atoms with Crippen molar-refractivity contribution in [1.29, 1.82) is 0 Å². The molecule has 0 fully saturated rings. The number of carboxylic acid groups (broad SMARTS) is 1. The number of aromatic carboxylic acids is 1. The minimum absolute atomic E-state index is 0.199. The van der Waals surface area contributed by atoms with Gasteiger partial charge in [0.05, 0.1) is 34.0 Å². The van der Waals surface area contributed by atoms with Crippen LogP contribution in [-0.4, -0.2) is 28.2 Å². The minimum atomic E-state index is -0.995. The molecule has 2 aromatic carbocycles. The third kappa shape index (κ3) is 4.52. The molecule has 5 rings (SSSR count). The largest absolute Gasteiger partial charge is 0.478 e. The fraction of sp³-hybridized carbons (Fsp3) is 0.172. The zero-order valence-electron chi connectivity index (χ0n) is 20.9. The van der Waals surface area contributed by atoms with E-state index in [2.05, 4.69) is 4.99 Å². The first-order valence-electron chi connectivity index (χ1n) is 12.0. The minimum Gasteiger partial charge on any atom is -0.478 e. The summed E-state index contributed by atoms with van der Waals surface area (Å²) in [5.74, 6) is -0.479. The number of rotatable bonds is 6. The Balaban J connectivity index is 1.60. The van der Waals surface area contributed by atoms with Gasteiger partial charge in [0.2, 0.25) is 0 Å². The molecule has 0 unspecified atom stereocenters. The number of furan rings is 1. The molecule has 3 heterocycles. The molecule has 1 aliphatic rings. The van der Waals surface area contributed by atoms with Crippen LogP contribution >= 0.6 is 11.3 Å². The van der Waals surface area contributed by atoms with Crippen LogP contribution in [0.3, 0.4) is 0 Å². The normalized spacial score (nSPS) is 15.2. The molecule has 2 aromatic heterocycles. The maximum Gasteiger partial charge on any atom is 0.338 e. The summed E-state index contributed by atoms with van der Waals surface area (Å²) in [5, 5.41) is 9.22. The number of carboxylic acids is 1. The number of carbonyl (C=O) groups excluding carboxylic acids is 1. The van der Waals surface area contributed by atoms with E-state index in [9.17, 15) is 19.5 Å². The Morgan fingerprint density at radius 1 is 1.13 bits per heavy atom. The highest BCUT2D eigenvalue weighted by molar-refractivity contribution is 7.07. The van der Waals surface area contributed by atoms with Gasteiger partial charge in [-0.1, -0.05) is 47.7 Å². The molecule has 192 valence electrons. The van der Waals surface area contributed by atoms with Gasteiger partial charge in [-0.05, 0) is 56.2 Å². The van der Waals surface area contributed by atoms with Crippen molar-refractivity contribution in [2.75, 3.05) is 6.61 Å². The Morgan fingerprint density at radius 3 is 2.58 bits per heavy atom. The fourth-order valence-electron chi connectivity index (χ4n) is 4.52. The van der Waals surface area contributed by atoms with Crippen LogP contribution < -0.4 is 14.9 Å². The van der Waals surface area contributed by atoms with Gasteiger partial charge in [-0.2, -0.15) is 0 Å². The maximum atomic E-state index is 13.7. The molecule has 0 spiro atoms. The second-order valence-corrected chi connectivity index (χ2v) is 9.76. The van der Waals surface area contributed by atoms with Gasteiger partial charge in [0.25, 0.3) is 5.56 Å². The van der Waals surface area contributed by atoms with Crippen molar-refractivity contribution >= 4 is 29.4 Å². The molecule has 0 saturated carbocycles. The van der Waals surface area contributed by atoms with Gasteiger partial charge in [0.1, 0.15) is 11.5 Å². The van der Waals surface area contributed by atoms with Crippen molar-refractivity contribution in [3.8, 4) is 11.3 Å². The quantitative estimate of drug-likeness (QED) is 0.378. The first kappa shape index (κ1) is 25.2. The van der Waals surface area contributed by atoms with E-state index >= 15 is 0 Å². The lowest BCUT2D eigenvalue weighted by Gasteiger charge is -2.24. The van der Waals surface area contributed by atoms with Gasteiger partial charge in [0, 0.05) is 11.6 Å². The Kier molecular flexibility index (Phi) is 6.69. The summed E-state index contributed by atoms with van der Waals surface area (Å²) in [4.78, 5) is 42.9. The topological polar surface area (TPSA) is 111 Å². The molecule has 0 aliphatic carbocycles. The van der Waals surface area contributed by atoms with Crippen LogP contribution in [0, 0.1) is 6.92 Å². The third-order valence-electron chi connectivity index (χ3n) is 6.27.